The summed E-state index contributed by atoms with van der Waals surface area (Å²) in [6.45, 7) is 0. The zero-order valence-electron chi connectivity index (χ0n) is 11.2. The molecule has 1 atom stereocenters. The molecule has 1 aromatic rings. The number of nitrogens with one attached hydrogen (secondary N) is 2. The first-order valence-electron chi connectivity index (χ1n) is 6.49. The van der Waals surface area contributed by atoms with Crippen LogP contribution in [0.15, 0.2) is 5.38 Å². The van der Waals surface area contributed by atoms with Gasteiger partial charge in [0, 0.05) is 17.7 Å². The molecule has 8 nitrogen and oxygen atoms in total. The predicted octanol–water partition coefficient (Wildman–Crippen LogP) is 0.861. The molecule has 9 heteroatoms. The van der Waals surface area contributed by atoms with E-state index >= 15 is 0 Å². The van der Waals surface area contributed by atoms with Gasteiger partial charge in [0.2, 0.25) is 5.91 Å². The Morgan fingerprint density at radius 3 is 2.76 bits per heavy atom. The van der Waals surface area contributed by atoms with Gasteiger partial charge in [0.05, 0.1) is 5.69 Å². The average Bonchev–Trinajstić information content (AvgIpc) is 3.15. The van der Waals surface area contributed by atoms with Crippen LogP contribution in [0.3, 0.4) is 0 Å². The van der Waals surface area contributed by atoms with E-state index in [1.54, 1.807) is 0 Å². The Labute approximate surface area is 124 Å². The van der Waals surface area contributed by atoms with Crippen molar-refractivity contribution < 1.29 is 19.5 Å². The van der Waals surface area contributed by atoms with Crippen LogP contribution in [-0.2, 0) is 9.59 Å². The fourth-order valence-electron chi connectivity index (χ4n) is 1.75. The number of hydrogen-bond donors (Lipinski definition) is 4. The van der Waals surface area contributed by atoms with Crippen LogP contribution in [0, 0.1) is 0 Å². The van der Waals surface area contributed by atoms with Gasteiger partial charge in [-0.05, 0) is 19.3 Å². The quantitative estimate of drug-likeness (QED) is 0.592. The molecule has 2 rings (SSSR count). The van der Waals surface area contributed by atoms with E-state index in [9.17, 15) is 14.4 Å². The number of urea groups is 1. The number of nitrogens with zero attached hydrogens (tertiary/aromatic N) is 1. The number of amides is 3. The van der Waals surface area contributed by atoms with E-state index < -0.39 is 23.9 Å². The molecule has 1 saturated carbocycles. The second-order valence-corrected chi connectivity index (χ2v) is 5.70. The van der Waals surface area contributed by atoms with E-state index in [2.05, 4.69) is 15.6 Å². The maximum atomic E-state index is 11.7. The first kappa shape index (κ1) is 15.2. The molecular weight excluding hydrogens is 296 g/mol. The molecule has 1 aliphatic carbocycles. The van der Waals surface area contributed by atoms with Crippen LogP contribution < -0.4 is 16.4 Å². The minimum atomic E-state index is -1.22. The first-order valence-corrected chi connectivity index (χ1v) is 7.37. The van der Waals surface area contributed by atoms with Gasteiger partial charge in [-0.25, -0.2) is 14.6 Å². The Morgan fingerprint density at radius 2 is 2.19 bits per heavy atom. The number of hydrogen-bond acceptors (Lipinski definition) is 5. The monoisotopic (exact) mass is 312 g/mol. The van der Waals surface area contributed by atoms with Crippen LogP contribution in [0.1, 0.15) is 37.3 Å². The zero-order chi connectivity index (χ0) is 15.4. The lowest BCUT2D eigenvalue weighted by Crippen LogP contribution is -2.43. The largest absolute Gasteiger partial charge is 0.480 e. The SMILES string of the molecule is NC(=O)CCC(NC(=O)Nc1nc(C2CC2)cs1)C(=O)O. The van der Waals surface area contributed by atoms with Crippen LogP contribution in [0.5, 0.6) is 0 Å². The highest BCUT2D eigenvalue weighted by Gasteiger charge is 2.26. The van der Waals surface area contributed by atoms with Crippen LogP contribution >= 0.6 is 11.3 Å². The van der Waals surface area contributed by atoms with Crippen molar-refractivity contribution >= 4 is 34.4 Å². The van der Waals surface area contributed by atoms with Crippen molar-refractivity contribution in [3.05, 3.63) is 11.1 Å². The summed E-state index contributed by atoms with van der Waals surface area (Å²) in [4.78, 5) is 37.7. The van der Waals surface area contributed by atoms with Gasteiger partial charge in [-0.2, -0.15) is 0 Å². The van der Waals surface area contributed by atoms with Gasteiger partial charge in [0.15, 0.2) is 5.13 Å². The standard InChI is InChI=1S/C12H16N4O4S/c13-9(17)4-3-7(10(18)19)14-11(20)16-12-15-8(5-21-12)6-1-2-6/h5-7H,1-4H2,(H2,13,17)(H,18,19)(H2,14,15,16,20). The van der Waals surface area contributed by atoms with E-state index in [0.29, 0.717) is 11.0 Å². The summed E-state index contributed by atoms with van der Waals surface area (Å²) in [6, 6.07) is -1.83. The van der Waals surface area contributed by atoms with Gasteiger partial charge in [0.25, 0.3) is 0 Å². The zero-order valence-corrected chi connectivity index (χ0v) is 12.0. The van der Waals surface area contributed by atoms with Crippen molar-refractivity contribution in [2.75, 3.05) is 5.32 Å². The summed E-state index contributed by atoms with van der Waals surface area (Å²) in [5.74, 6) is -1.34. The van der Waals surface area contributed by atoms with Crippen LogP contribution in [0.2, 0.25) is 0 Å². The predicted molar refractivity (Wildman–Crippen MR) is 76.1 cm³/mol. The van der Waals surface area contributed by atoms with E-state index in [1.807, 2.05) is 5.38 Å². The molecule has 0 aliphatic heterocycles. The number of carbonyl (C=O) groups is 3. The number of carbonyl (C=O) groups excluding carboxylic acids is 2. The third-order valence-corrected chi connectivity index (χ3v) is 3.80. The maximum absolute atomic E-state index is 11.7. The molecule has 3 amide bonds. The molecule has 1 aliphatic rings. The van der Waals surface area contributed by atoms with E-state index in [-0.39, 0.29) is 12.8 Å². The highest BCUT2D eigenvalue weighted by molar-refractivity contribution is 7.13. The molecule has 21 heavy (non-hydrogen) atoms. The second kappa shape index (κ2) is 6.53. The lowest BCUT2D eigenvalue weighted by Gasteiger charge is -2.13. The summed E-state index contributed by atoms with van der Waals surface area (Å²) in [6.07, 6.45) is 2.07. The normalized spacial score (nSPS) is 15.2. The Balaban J connectivity index is 1.85. The molecule has 1 heterocycles. The number of primary amides is 1. The van der Waals surface area contributed by atoms with Crippen molar-refractivity contribution in [2.45, 2.75) is 37.6 Å². The van der Waals surface area contributed by atoms with Crippen molar-refractivity contribution in [1.82, 2.24) is 10.3 Å². The maximum Gasteiger partial charge on any atom is 0.326 e. The first-order chi connectivity index (χ1) is 9.95. The minimum Gasteiger partial charge on any atom is -0.480 e. The number of anilines is 1. The topological polar surface area (TPSA) is 134 Å². The Hall–Kier alpha value is -2.16. The van der Waals surface area contributed by atoms with E-state index in [4.69, 9.17) is 10.8 Å². The molecular formula is C12H16N4O4S. The summed E-state index contributed by atoms with van der Waals surface area (Å²) in [7, 11) is 0. The Kier molecular flexibility index (Phi) is 4.73. The summed E-state index contributed by atoms with van der Waals surface area (Å²) < 4.78 is 0. The van der Waals surface area contributed by atoms with Crippen LogP contribution in [0.25, 0.3) is 0 Å². The number of nitrogens with two attached hydrogens (primary N) is 1. The van der Waals surface area contributed by atoms with Crippen LogP contribution in [-0.4, -0.2) is 34.0 Å². The van der Waals surface area contributed by atoms with Gasteiger partial charge in [-0.3, -0.25) is 10.1 Å². The number of aromatic nitrogens is 1. The molecule has 0 spiro atoms. The molecule has 1 unspecified atom stereocenters. The van der Waals surface area contributed by atoms with Gasteiger partial charge in [-0.15, -0.1) is 11.3 Å². The van der Waals surface area contributed by atoms with Crippen LogP contribution in [0.4, 0.5) is 9.93 Å². The van der Waals surface area contributed by atoms with Gasteiger partial charge >= 0.3 is 12.0 Å². The second-order valence-electron chi connectivity index (χ2n) is 4.85. The number of rotatable bonds is 7. The third-order valence-electron chi connectivity index (χ3n) is 3.02. The van der Waals surface area contributed by atoms with Gasteiger partial charge < -0.3 is 16.2 Å². The van der Waals surface area contributed by atoms with Crippen molar-refractivity contribution in [2.24, 2.45) is 5.73 Å². The molecule has 0 radical (unpaired) electrons. The molecule has 0 bridgehead atoms. The van der Waals surface area contributed by atoms with Crippen molar-refractivity contribution in [3.8, 4) is 0 Å². The number of aliphatic carboxylic acids is 1. The van der Waals surface area contributed by atoms with E-state index in [1.165, 1.54) is 11.3 Å². The summed E-state index contributed by atoms with van der Waals surface area (Å²) in [5.41, 5.74) is 5.92. The lowest BCUT2D eigenvalue weighted by molar-refractivity contribution is -0.139. The molecule has 1 aromatic heterocycles. The fourth-order valence-corrected chi connectivity index (χ4v) is 2.53. The minimum absolute atomic E-state index is 0.0523. The smallest absolute Gasteiger partial charge is 0.326 e. The molecule has 1 fully saturated rings. The molecule has 0 saturated heterocycles. The molecule has 114 valence electrons. The van der Waals surface area contributed by atoms with Crippen molar-refractivity contribution in [3.63, 3.8) is 0 Å². The highest BCUT2D eigenvalue weighted by Crippen LogP contribution is 2.40. The number of carboxylic acids is 1. The summed E-state index contributed by atoms with van der Waals surface area (Å²) >= 11 is 1.30. The Morgan fingerprint density at radius 1 is 1.48 bits per heavy atom. The fraction of sp³-hybridized carbons (Fsp3) is 0.500. The van der Waals surface area contributed by atoms with E-state index in [0.717, 1.165) is 18.5 Å². The number of thiazole rings is 1. The number of carboxylic acid groups (broad SMARTS) is 1. The summed E-state index contributed by atoms with van der Waals surface area (Å²) in [5, 5.41) is 16.1. The molecule has 5 N–H and O–H groups in total. The van der Waals surface area contributed by atoms with Gasteiger partial charge in [0.1, 0.15) is 6.04 Å². The van der Waals surface area contributed by atoms with Crippen molar-refractivity contribution in [1.29, 1.82) is 0 Å². The highest BCUT2D eigenvalue weighted by atomic mass is 32.1. The van der Waals surface area contributed by atoms with Gasteiger partial charge in [-0.1, -0.05) is 0 Å². The lowest BCUT2D eigenvalue weighted by atomic mass is 10.1. The Bertz CT molecular complexity index is 555. The third kappa shape index (κ3) is 4.71. The average molecular weight is 312 g/mol. The molecule has 0 aromatic carbocycles.